The lowest BCUT2D eigenvalue weighted by molar-refractivity contribution is -0.126. The molecule has 0 aliphatic carbocycles. The third-order valence-corrected chi connectivity index (χ3v) is 4.18. The number of hydrogen-bond donors (Lipinski definition) is 1. The molecule has 1 saturated heterocycles. The van der Waals surface area contributed by atoms with E-state index in [9.17, 15) is 9.59 Å². The van der Waals surface area contributed by atoms with Gasteiger partial charge in [0.2, 0.25) is 5.91 Å². The number of hydrogen-bond acceptors (Lipinski definition) is 3. The van der Waals surface area contributed by atoms with Gasteiger partial charge in [-0.05, 0) is 37.7 Å². The van der Waals surface area contributed by atoms with E-state index in [4.69, 9.17) is 4.42 Å². The highest BCUT2D eigenvalue weighted by atomic mass is 16.3. The Labute approximate surface area is 132 Å². The normalized spacial score (nSPS) is 16.0. The number of rotatable bonds is 6. The molecule has 1 aromatic rings. The van der Waals surface area contributed by atoms with E-state index in [2.05, 4.69) is 19.2 Å². The van der Waals surface area contributed by atoms with Crippen molar-refractivity contribution in [2.75, 3.05) is 19.6 Å². The summed E-state index contributed by atoms with van der Waals surface area (Å²) in [6.07, 6.45) is 6.61. The van der Waals surface area contributed by atoms with Crippen molar-refractivity contribution < 1.29 is 14.0 Å². The lowest BCUT2D eigenvalue weighted by Gasteiger charge is -2.31. The summed E-state index contributed by atoms with van der Waals surface area (Å²) in [5.41, 5.74) is 0.580. The van der Waals surface area contributed by atoms with E-state index >= 15 is 0 Å². The van der Waals surface area contributed by atoms with Crippen LogP contribution in [0.5, 0.6) is 0 Å². The predicted molar refractivity (Wildman–Crippen MR) is 84.4 cm³/mol. The number of amides is 2. The molecule has 1 aliphatic heterocycles. The second-order valence-corrected chi connectivity index (χ2v) is 6.41. The molecule has 0 bridgehead atoms. The van der Waals surface area contributed by atoms with Crippen LogP contribution in [0.3, 0.4) is 0 Å². The van der Waals surface area contributed by atoms with Crippen LogP contribution in [0.4, 0.5) is 0 Å². The average molecular weight is 306 g/mol. The van der Waals surface area contributed by atoms with Crippen molar-refractivity contribution in [3.63, 3.8) is 0 Å². The number of likely N-dealkylation sites (tertiary alicyclic amines) is 1. The molecule has 5 heteroatoms. The van der Waals surface area contributed by atoms with E-state index < -0.39 is 0 Å². The fraction of sp³-hybridized carbons (Fsp3) is 0.647. The third-order valence-electron chi connectivity index (χ3n) is 4.18. The molecule has 0 radical (unpaired) electrons. The standard InChI is InChI=1S/C17H26N2O3/c1-13(2)4-3-8-18-16(20)14-5-9-19(10-6-14)17(21)15-7-11-22-12-15/h7,11-14H,3-6,8-10H2,1-2H3,(H,18,20). The first-order valence-corrected chi connectivity index (χ1v) is 8.17. The van der Waals surface area contributed by atoms with Gasteiger partial charge in [0.25, 0.3) is 5.91 Å². The monoisotopic (exact) mass is 306 g/mol. The quantitative estimate of drug-likeness (QED) is 0.822. The predicted octanol–water partition coefficient (Wildman–Crippen LogP) is 2.68. The molecule has 122 valence electrons. The van der Waals surface area contributed by atoms with Gasteiger partial charge < -0.3 is 14.6 Å². The first-order valence-electron chi connectivity index (χ1n) is 8.17. The van der Waals surface area contributed by atoms with Crippen molar-refractivity contribution in [3.8, 4) is 0 Å². The Morgan fingerprint density at radius 1 is 1.36 bits per heavy atom. The topological polar surface area (TPSA) is 62.6 Å². The molecule has 1 aliphatic rings. The van der Waals surface area contributed by atoms with Gasteiger partial charge in [-0.1, -0.05) is 13.8 Å². The second kappa shape index (κ2) is 8.01. The number of piperidine rings is 1. The summed E-state index contributed by atoms with van der Waals surface area (Å²) in [6.45, 7) is 6.40. The number of nitrogens with one attached hydrogen (secondary N) is 1. The molecule has 0 saturated carbocycles. The SMILES string of the molecule is CC(C)CCCNC(=O)C1CCN(C(=O)c2ccoc2)CC1. The van der Waals surface area contributed by atoms with Crippen LogP contribution in [0.15, 0.2) is 23.0 Å². The van der Waals surface area contributed by atoms with Crippen LogP contribution in [0.1, 0.15) is 49.9 Å². The van der Waals surface area contributed by atoms with Crippen LogP contribution in [-0.2, 0) is 4.79 Å². The van der Waals surface area contributed by atoms with Crippen LogP contribution < -0.4 is 5.32 Å². The van der Waals surface area contributed by atoms with E-state index in [-0.39, 0.29) is 17.7 Å². The highest BCUT2D eigenvalue weighted by molar-refractivity contribution is 5.94. The Kier molecular flexibility index (Phi) is 6.04. The van der Waals surface area contributed by atoms with Crippen LogP contribution >= 0.6 is 0 Å². The van der Waals surface area contributed by atoms with E-state index in [1.807, 2.05) is 0 Å². The summed E-state index contributed by atoms with van der Waals surface area (Å²) in [7, 11) is 0. The van der Waals surface area contributed by atoms with E-state index in [0.29, 0.717) is 24.6 Å². The van der Waals surface area contributed by atoms with Crippen LogP contribution in [0.2, 0.25) is 0 Å². The fourth-order valence-corrected chi connectivity index (χ4v) is 2.78. The zero-order valence-corrected chi connectivity index (χ0v) is 13.5. The van der Waals surface area contributed by atoms with Crippen molar-refractivity contribution in [2.45, 2.75) is 39.5 Å². The first kappa shape index (κ1) is 16.6. The molecule has 22 heavy (non-hydrogen) atoms. The number of nitrogens with zero attached hydrogens (tertiary/aromatic N) is 1. The van der Waals surface area contributed by atoms with Gasteiger partial charge in [0, 0.05) is 25.6 Å². The van der Waals surface area contributed by atoms with Gasteiger partial charge in [-0.15, -0.1) is 0 Å². The van der Waals surface area contributed by atoms with Gasteiger partial charge in [0.15, 0.2) is 0 Å². The zero-order valence-electron chi connectivity index (χ0n) is 13.5. The Balaban J connectivity index is 1.70. The largest absolute Gasteiger partial charge is 0.472 e. The Hall–Kier alpha value is -1.78. The van der Waals surface area contributed by atoms with Crippen LogP contribution in [0, 0.1) is 11.8 Å². The number of carbonyl (C=O) groups excluding carboxylic acids is 2. The van der Waals surface area contributed by atoms with Crippen molar-refractivity contribution in [1.29, 1.82) is 0 Å². The van der Waals surface area contributed by atoms with Gasteiger partial charge >= 0.3 is 0 Å². The molecule has 2 heterocycles. The van der Waals surface area contributed by atoms with Gasteiger partial charge in [0.1, 0.15) is 6.26 Å². The van der Waals surface area contributed by atoms with Gasteiger partial charge in [-0.2, -0.15) is 0 Å². The molecule has 5 nitrogen and oxygen atoms in total. The first-order chi connectivity index (χ1) is 10.6. The number of furan rings is 1. The van der Waals surface area contributed by atoms with Gasteiger partial charge in [0.05, 0.1) is 11.8 Å². The molecule has 2 amide bonds. The van der Waals surface area contributed by atoms with Crippen LogP contribution in [-0.4, -0.2) is 36.3 Å². The molecular weight excluding hydrogens is 280 g/mol. The van der Waals surface area contributed by atoms with E-state index in [1.165, 1.54) is 12.5 Å². The maximum atomic E-state index is 12.2. The highest BCUT2D eigenvalue weighted by Crippen LogP contribution is 2.19. The van der Waals surface area contributed by atoms with Crippen molar-refractivity contribution in [3.05, 3.63) is 24.2 Å². The summed E-state index contributed by atoms with van der Waals surface area (Å²) in [5, 5.41) is 3.02. The summed E-state index contributed by atoms with van der Waals surface area (Å²) in [4.78, 5) is 26.1. The molecule has 1 N–H and O–H groups in total. The minimum atomic E-state index is -0.00968. The molecule has 1 fully saturated rings. The minimum absolute atomic E-state index is 0.00968. The zero-order chi connectivity index (χ0) is 15.9. The molecular formula is C17H26N2O3. The van der Waals surface area contributed by atoms with E-state index in [1.54, 1.807) is 11.0 Å². The molecule has 0 spiro atoms. The van der Waals surface area contributed by atoms with Crippen molar-refractivity contribution in [1.82, 2.24) is 10.2 Å². The maximum Gasteiger partial charge on any atom is 0.257 e. The van der Waals surface area contributed by atoms with Crippen molar-refractivity contribution >= 4 is 11.8 Å². The highest BCUT2D eigenvalue weighted by Gasteiger charge is 2.27. The molecule has 2 rings (SSSR count). The summed E-state index contributed by atoms with van der Waals surface area (Å²) in [5.74, 6) is 0.838. The molecule has 0 unspecified atom stereocenters. The minimum Gasteiger partial charge on any atom is -0.472 e. The van der Waals surface area contributed by atoms with Gasteiger partial charge in [-0.3, -0.25) is 9.59 Å². The smallest absolute Gasteiger partial charge is 0.257 e. The lowest BCUT2D eigenvalue weighted by atomic mass is 9.95. The Morgan fingerprint density at radius 3 is 2.68 bits per heavy atom. The Morgan fingerprint density at radius 2 is 2.09 bits per heavy atom. The average Bonchev–Trinajstić information content (AvgIpc) is 3.05. The summed E-state index contributed by atoms with van der Waals surface area (Å²) < 4.78 is 4.95. The third kappa shape index (κ3) is 4.61. The Bertz CT molecular complexity index is 474. The van der Waals surface area contributed by atoms with E-state index in [0.717, 1.165) is 32.2 Å². The molecule has 0 aromatic carbocycles. The molecule has 0 atom stereocenters. The molecule has 1 aromatic heterocycles. The number of carbonyl (C=O) groups is 2. The van der Waals surface area contributed by atoms with Crippen molar-refractivity contribution in [2.24, 2.45) is 11.8 Å². The second-order valence-electron chi connectivity index (χ2n) is 6.41. The fourth-order valence-electron chi connectivity index (χ4n) is 2.78. The summed E-state index contributed by atoms with van der Waals surface area (Å²) >= 11 is 0. The maximum absolute atomic E-state index is 12.2. The lowest BCUT2D eigenvalue weighted by Crippen LogP contribution is -2.43. The summed E-state index contributed by atoms with van der Waals surface area (Å²) in [6, 6.07) is 1.68. The van der Waals surface area contributed by atoms with Crippen LogP contribution in [0.25, 0.3) is 0 Å². The van der Waals surface area contributed by atoms with Gasteiger partial charge in [-0.25, -0.2) is 0 Å².